The summed E-state index contributed by atoms with van der Waals surface area (Å²) in [5.74, 6) is 0. The molecule has 1 atom stereocenters. The van der Waals surface area contributed by atoms with Gasteiger partial charge in [0.2, 0.25) is 0 Å². The molecule has 1 nitrogen and oxygen atoms in total. The summed E-state index contributed by atoms with van der Waals surface area (Å²) < 4.78 is 0. The molecule has 0 saturated carbocycles. The van der Waals surface area contributed by atoms with E-state index in [-0.39, 0.29) is 5.25 Å². The minimum atomic E-state index is 0.221. The molecule has 0 aromatic carbocycles. The van der Waals surface area contributed by atoms with E-state index in [2.05, 4.69) is 51.6 Å². The lowest BCUT2D eigenvalue weighted by atomic mass is 10.2. The summed E-state index contributed by atoms with van der Waals surface area (Å²) in [6.45, 7) is 12.0. The molecule has 0 aliphatic carbocycles. The lowest BCUT2D eigenvalue weighted by Gasteiger charge is -2.26. The predicted molar refractivity (Wildman–Crippen MR) is 59.6 cm³/mol. The van der Waals surface area contributed by atoms with Gasteiger partial charge in [0.05, 0.1) is 0 Å². The van der Waals surface area contributed by atoms with Gasteiger partial charge in [-0.1, -0.05) is 12.7 Å². The van der Waals surface area contributed by atoms with Gasteiger partial charge in [0.25, 0.3) is 0 Å². The van der Waals surface area contributed by atoms with Crippen molar-refractivity contribution in [2.45, 2.75) is 31.6 Å². The third-order valence-electron chi connectivity index (χ3n) is 1.99. The van der Waals surface area contributed by atoms with Crippen LogP contribution in [0.1, 0.15) is 20.3 Å². The van der Waals surface area contributed by atoms with Crippen molar-refractivity contribution in [1.29, 1.82) is 0 Å². The lowest BCUT2D eigenvalue weighted by Crippen LogP contribution is -2.26. The van der Waals surface area contributed by atoms with Gasteiger partial charge in [-0.3, -0.25) is 0 Å². The van der Waals surface area contributed by atoms with E-state index in [1.807, 2.05) is 6.08 Å². The van der Waals surface area contributed by atoms with E-state index in [4.69, 9.17) is 0 Å². The average molecular weight is 185 g/mol. The first kappa shape index (κ1) is 11.6. The summed E-state index contributed by atoms with van der Waals surface area (Å²) in [6, 6.07) is 0.503. The molecule has 0 spiro atoms. The van der Waals surface area contributed by atoms with E-state index in [9.17, 15) is 0 Å². The van der Waals surface area contributed by atoms with Crippen molar-refractivity contribution in [1.82, 2.24) is 4.90 Å². The summed E-state index contributed by atoms with van der Waals surface area (Å²) in [7, 11) is 2.05. The maximum Gasteiger partial charge on any atom is 0.0248 e. The zero-order chi connectivity index (χ0) is 9.72. The highest BCUT2D eigenvalue weighted by Gasteiger charge is 2.08. The van der Waals surface area contributed by atoms with Crippen LogP contribution in [0.2, 0.25) is 0 Å². The highest BCUT2D eigenvalue weighted by molar-refractivity contribution is 7.81. The molecule has 1 unspecified atom stereocenters. The van der Waals surface area contributed by atoms with Crippen molar-refractivity contribution >= 4 is 12.6 Å². The molecule has 0 aliphatic heterocycles. The zero-order valence-corrected chi connectivity index (χ0v) is 9.14. The normalized spacial score (nSPS) is 12.8. The molecular weight excluding hydrogens is 166 g/mol. The number of allylic oxidation sites excluding steroid dienone is 1. The summed E-state index contributed by atoms with van der Waals surface area (Å²) in [4.78, 5) is 2.16. The largest absolute Gasteiger partial charge is 0.376 e. The molecule has 2 heteroatoms. The lowest BCUT2D eigenvalue weighted by molar-refractivity contribution is 0.335. The Kier molecular flexibility index (Phi) is 5.14. The third-order valence-corrected chi connectivity index (χ3v) is 2.38. The molecule has 0 saturated heterocycles. The van der Waals surface area contributed by atoms with Crippen LogP contribution >= 0.6 is 12.6 Å². The summed E-state index contributed by atoms with van der Waals surface area (Å²) in [5.41, 5.74) is 1.12. The van der Waals surface area contributed by atoms with Crippen molar-refractivity contribution in [3.05, 3.63) is 24.9 Å². The summed E-state index contributed by atoms with van der Waals surface area (Å²) in [5, 5.41) is 0.221. The molecule has 12 heavy (non-hydrogen) atoms. The standard InChI is InChI=1S/C10H19NS/c1-6-10(12)7-9(4)11(5)8(2)3/h6,8,10,12H,1,4,7H2,2-3,5H3. The molecule has 0 bridgehead atoms. The Labute approximate surface area is 81.6 Å². The minimum absolute atomic E-state index is 0.221. The van der Waals surface area contributed by atoms with E-state index in [0.717, 1.165) is 12.1 Å². The van der Waals surface area contributed by atoms with Crippen molar-refractivity contribution < 1.29 is 0 Å². The van der Waals surface area contributed by atoms with E-state index in [1.54, 1.807) is 0 Å². The highest BCUT2D eigenvalue weighted by Crippen LogP contribution is 2.14. The molecular formula is C10H19NS. The summed E-state index contributed by atoms with van der Waals surface area (Å²) in [6.07, 6.45) is 2.71. The van der Waals surface area contributed by atoms with Gasteiger partial charge < -0.3 is 4.90 Å². The van der Waals surface area contributed by atoms with Crippen LogP contribution in [-0.4, -0.2) is 23.2 Å². The average Bonchev–Trinajstić information content (AvgIpc) is 2.02. The Morgan fingerprint density at radius 2 is 2.08 bits per heavy atom. The molecule has 0 aromatic heterocycles. The zero-order valence-electron chi connectivity index (χ0n) is 8.25. The topological polar surface area (TPSA) is 3.24 Å². The second-order valence-corrected chi connectivity index (χ2v) is 3.94. The van der Waals surface area contributed by atoms with Crippen molar-refractivity contribution in [2.24, 2.45) is 0 Å². The number of rotatable bonds is 5. The molecule has 70 valence electrons. The minimum Gasteiger partial charge on any atom is -0.376 e. The Bertz CT molecular complexity index is 163. The Morgan fingerprint density at radius 3 is 2.42 bits per heavy atom. The van der Waals surface area contributed by atoms with E-state index >= 15 is 0 Å². The fraction of sp³-hybridized carbons (Fsp3) is 0.600. The van der Waals surface area contributed by atoms with Gasteiger partial charge in [-0.25, -0.2) is 0 Å². The first-order chi connectivity index (χ1) is 5.49. The number of thiol groups is 1. The van der Waals surface area contributed by atoms with Gasteiger partial charge in [-0.15, -0.1) is 6.58 Å². The maximum atomic E-state index is 4.33. The van der Waals surface area contributed by atoms with Crippen LogP contribution < -0.4 is 0 Å². The second kappa shape index (κ2) is 5.31. The molecule has 0 aromatic rings. The van der Waals surface area contributed by atoms with Gasteiger partial charge in [0.15, 0.2) is 0 Å². The maximum absolute atomic E-state index is 4.33. The first-order valence-corrected chi connectivity index (χ1v) is 4.72. The number of hydrogen-bond acceptors (Lipinski definition) is 2. The fourth-order valence-electron chi connectivity index (χ4n) is 0.834. The van der Waals surface area contributed by atoms with Crippen LogP contribution in [0.25, 0.3) is 0 Å². The molecule has 0 N–H and O–H groups in total. The van der Waals surface area contributed by atoms with Gasteiger partial charge in [-0.2, -0.15) is 12.6 Å². The number of nitrogens with zero attached hydrogens (tertiary/aromatic N) is 1. The number of hydrogen-bond donors (Lipinski definition) is 1. The monoisotopic (exact) mass is 185 g/mol. The van der Waals surface area contributed by atoms with Crippen LogP contribution in [0.5, 0.6) is 0 Å². The van der Waals surface area contributed by atoms with E-state index in [1.165, 1.54) is 0 Å². The van der Waals surface area contributed by atoms with Crippen molar-refractivity contribution in [2.75, 3.05) is 7.05 Å². The second-order valence-electron chi connectivity index (χ2n) is 3.28. The molecule has 0 radical (unpaired) electrons. The van der Waals surface area contributed by atoms with Gasteiger partial charge >= 0.3 is 0 Å². The van der Waals surface area contributed by atoms with Gasteiger partial charge in [0.1, 0.15) is 0 Å². The van der Waals surface area contributed by atoms with Crippen LogP contribution in [0.3, 0.4) is 0 Å². The van der Waals surface area contributed by atoms with E-state index in [0.29, 0.717) is 6.04 Å². The molecule has 0 rings (SSSR count). The molecule has 0 amide bonds. The van der Waals surface area contributed by atoms with Crippen LogP contribution in [0.15, 0.2) is 24.9 Å². The first-order valence-electron chi connectivity index (χ1n) is 4.20. The Balaban J connectivity index is 3.95. The van der Waals surface area contributed by atoms with Gasteiger partial charge in [0, 0.05) is 30.5 Å². The smallest absolute Gasteiger partial charge is 0.0248 e. The van der Waals surface area contributed by atoms with Gasteiger partial charge in [-0.05, 0) is 13.8 Å². The SMILES string of the molecule is C=CC(S)CC(=C)N(C)C(C)C. The quantitative estimate of drug-likeness (QED) is 0.509. The fourth-order valence-corrected chi connectivity index (χ4v) is 1.04. The summed E-state index contributed by atoms with van der Waals surface area (Å²) >= 11 is 4.33. The van der Waals surface area contributed by atoms with Crippen LogP contribution in [-0.2, 0) is 0 Å². The molecule has 0 heterocycles. The van der Waals surface area contributed by atoms with E-state index < -0.39 is 0 Å². The predicted octanol–water partition coefficient (Wildman–Crippen LogP) is 2.71. The van der Waals surface area contributed by atoms with Crippen LogP contribution in [0.4, 0.5) is 0 Å². The molecule has 0 fully saturated rings. The van der Waals surface area contributed by atoms with Crippen molar-refractivity contribution in [3.63, 3.8) is 0 Å². The Hall–Kier alpha value is -0.370. The molecule has 0 aliphatic rings. The van der Waals surface area contributed by atoms with Crippen molar-refractivity contribution in [3.8, 4) is 0 Å². The van der Waals surface area contributed by atoms with Crippen LogP contribution in [0, 0.1) is 0 Å². The Morgan fingerprint density at radius 1 is 1.58 bits per heavy atom. The third kappa shape index (κ3) is 3.86. The highest BCUT2D eigenvalue weighted by atomic mass is 32.1.